The minimum absolute atomic E-state index is 0.151. The summed E-state index contributed by atoms with van der Waals surface area (Å²) in [5, 5.41) is 10.0. The molecule has 15 heavy (non-hydrogen) atoms. The monoisotopic (exact) mass is 224 g/mol. The lowest BCUT2D eigenvalue weighted by Crippen LogP contribution is -2.25. The maximum absolute atomic E-state index is 11.7. The number of nitrogens with zero attached hydrogens (tertiary/aromatic N) is 2. The zero-order valence-corrected chi connectivity index (χ0v) is 9.63. The molecule has 0 saturated heterocycles. The van der Waals surface area contributed by atoms with Crippen molar-refractivity contribution in [2.45, 2.75) is 26.4 Å². The average Bonchev–Trinajstić information content (AvgIpc) is 2.41. The number of fused-ring (bicyclic) bond motifs is 1. The molecule has 0 aliphatic rings. The molecule has 0 radical (unpaired) electrons. The number of hydrogen-bond acceptors (Lipinski definition) is 4. The topological polar surface area (TPSA) is 54.6 Å². The van der Waals surface area contributed by atoms with Crippen LogP contribution in [0.15, 0.2) is 17.1 Å². The van der Waals surface area contributed by atoms with Gasteiger partial charge < -0.3 is 5.11 Å². The molecular weight excluding hydrogens is 212 g/mol. The van der Waals surface area contributed by atoms with Crippen molar-refractivity contribution in [3.63, 3.8) is 0 Å². The van der Waals surface area contributed by atoms with Crippen molar-refractivity contribution >= 4 is 16.3 Å². The van der Waals surface area contributed by atoms with Gasteiger partial charge in [-0.15, -0.1) is 11.3 Å². The second-order valence-corrected chi connectivity index (χ2v) is 5.15. The summed E-state index contributed by atoms with van der Waals surface area (Å²) in [5.41, 5.74) is -0.558. The summed E-state index contributed by atoms with van der Waals surface area (Å²) in [6.45, 7) is 5.22. The highest BCUT2D eigenvalue weighted by molar-refractivity contribution is 7.17. The molecule has 0 atom stereocenters. The third-order valence-corrected chi connectivity index (χ3v) is 3.16. The van der Waals surface area contributed by atoms with E-state index in [-0.39, 0.29) is 5.56 Å². The third-order valence-electron chi connectivity index (χ3n) is 2.19. The van der Waals surface area contributed by atoms with Crippen molar-refractivity contribution in [3.8, 4) is 0 Å². The van der Waals surface area contributed by atoms with Crippen LogP contribution in [0.1, 0.15) is 24.4 Å². The Hall–Kier alpha value is -1.20. The van der Waals surface area contributed by atoms with Crippen molar-refractivity contribution in [1.82, 2.24) is 9.38 Å². The van der Waals surface area contributed by atoms with Crippen molar-refractivity contribution in [2.24, 2.45) is 0 Å². The lowest BCUT2D eigenvalue weighted by atomic mass is 10.0. The Bertz CT molecular complexity index is 563. The van der Waals surface area contributed by atoms with Crippen LogP contribution >= 0.6 is 11.3 Å². The van der Waals surface area contributed by atoms with Crippen LogP contribution < -0.4 is 5.56 Å². The fraction of sp³-hybridized carbons (Fsp3) is 0.400. The first-order valence-corrected chi connectivity index (χ1v) is 5.43. The van der Waals surface area contributed by atoms with Gasteiger partial charge in [0, 0.05) is 17.1 Å². The van der Waals surface area contributed by atoms with Gasteiger partial charge in [-0.3, -0.25) is 9.20 Å². The van der Waals surface area contributed by atoms with Crippen LogP contribution in [0.25, 0.3) is 4.96 Å². The number of aliphatic hydroxyl groups is 1. The van der Waals surface area contributed by atoms with Gasteiger partial charge in [0.05, 0.1) is 5.69 Å². The molecule has 4 nitrogen and oxygen atoms in total. The molecule has 80 valence electrons. The van der Waals surface area contributed by atoms with Crippen molar-refractivity contribution < 1.29 is 5.11 Å². The first kappa shape index (κ1) is 10.3. The number of thiazole rings is 1. The Labute approximate surface area is 90.8 Å². The van der Waals surface area contributed by atoms with E-state index in [1.807, 2.05) is 6.92 Å². The molecule has 2 rings (SSSR count). The average molecular weight is 224 g/mol. The Kier molecular flexibility index (Phi) is 2.17. The second-order valence-electron chi connectivity index (χ2n) is 3.97. The summed E-state index contributed by atoms with van der Waals surface area (Å²) in [5.74, 6) is 0. The lowest BCUT2D eigenvalue weighted by Gasteiger charge is -2.17. The van der Waals surface area contributed by atoms with Gasteiger partial charge in [0.25, 0.3) is 5.56 Å². The van der Waals surface area contributed by atoms with Gasteiger partial charge in [0.15, 0.2) is 4.96 Å². The fourth-order valence-electron chi connectivity index (χ4n) is 1.72. The standard InChI is InChI=1S/C10H12N2O2S/c1-6-8(10(2,3)14)12-7(13)4-5-11-9(12)15-6/h4-5,14H,1-3H3. The Morgan fingerprint density at radius 3 is 2.80 bits per heavy atom. The summed E-state index contributed by atoms with van der Waals surface area (Å²) < 4.78 is 1.47. The SMILES string of the molecule is Cc1sc2nccc(=O)n2c1C(C)(C)O. The van der Waals surface area contributed by atoms with E-state index in [1.54, 1.807) is 13.8 Å². The zero-order chi connectivity index (χ0) is 11.2. The smallest absolute Gasteiger partial charge is 0.258 e. The van der Waals surface area contributed by atoms with Crippen LogP contribution in [0.4, 0.5) is 0 Å². The van der Waals surface area contributed by atoms with Crippen LogP contribution in [0.5, 0.6) is 0 Å². The third kappa shape index (κ3) is 1.57. The summed E-state index contributed by atoms with van der Waals surface area (Å²) in [4.78, 5) is 17.3. The highest BCUT2D eigenvalue weighted by Gasteiger charge is 2.25. The molecule has 2 aromatic rings. The first-order valence-electron chi connectivity index (χ1n) is 4.61. The van der Waals surface area contributed by atoms with E-state index in [1.165, 1.54) is 28.0 Å². The molecule has 0 aliphatic heterocycles. The highest BCUT2D eigenvalue weighted by Crippen LogP contribution is 2.28. The van der Waals surface area contributed by atoms with E-state index in [0.717, 1.165) is 4.88 Å². The molecule has 0 fully saturated rings. The molecule has 0 amide bonds. The zero-order valence-electron chi connectivity index (χ0n) is 8.81. The van der Waals surface area contributed by atoms with Gasteiger partial charge in [-0.05, 0) is 20.8 Å². The molecule has 2 aromatic heterocycles. The van der Waals surface area contributed by atoms with E-state index >= 15 is 0 Å². The lowest BCUT2D eigenvalue weighted by molar-refractivity contribution is 0.0722. The molecule has 0 saturated carbocycles. The van der Waals surface area contributed by atoms with Crippen LogP contribution in [-0.4, -0.2) is 14.5 Å². The minimum Gasteiger partial charge on any atom is -0.384 e. The fourth-order valence-corrected chi connectivity index (χ4v) is 2.81. The van der Waals surface area contributed by atoms with Crippen LogP contribution in [0.2, 0.25) is 0 Å². The minimum atomic E-state index is -1.03. The predicted molar refractivity (Wildman–Crippen MR) is 59.3 cm³/mol. The first-order chi connectivity index (χ1) is 6.91. The van der Waals surface area contributed by atoms with Gasteiger partial charge in [-0.2, -0.15) is 0 Å². The molecule has 0 aromatic carbocycles. The maximum atomic E-state index is 11.7. The Morgan fingerprint density at radius 2 is 2.20 bits per heavy atom. The summed E-state index contributed by atoms with van der Waals surface area (Å²) in [6.07, 6.45) is 1.49. The Morgan fingerprint density at radius 1 is 1.53 bits per heavy atom. The van der Waals surface area contributed by atoms with Crippen molar-refractivity contribution in [2.75, 3.05) is 0 Å². The van der Waals surface area contributed by atoms with Crippen LogP contribution in [-0.2, 0) is 5.60 Å². The van der Waals surface area contributed by atoms with Crippen LogP contribution in [0.3, 0.4) is 0 Å². The van der Waals surface area contributed by atoms with E-state index < -0.39 is 5.60 Å². The number of hydrogen-bond donors (Lipinski definition) is 1. The molecule has 2 heterocycles. The maximum Gasteiger partial charge on any atom is 0.258 e. The van der Waals surface area contributed by atoms with E-state index in [2.05, 4.69) is 4.98 Å². The number of aromatic nitrogens is 2. The molecule has 5 heteroatoms. The molecule has 0 spiro atoms. The van der Waals surface area contributed by atoms with Crippen molar-refractivity contribution in [3.05, 3.63) is 33.2 Å². The summed E-state index contributed by atoms with van der Waals surface area (Å²) in [6, 6.07) is 1.40. The van der Waals surface area contributed by atoms with Gasteiger partial charge in [-0.25, -0.2) is 4.98 Å². The van der Waals surface area contributed by atoms with E-state index in [9.17, 15) is 9.90 Å². The second kappa shape index (κ2) is 3.15. The van der Waals surface area contributed by atoms with E-state index in [4.69, 9.17) is 0 Å². The van der Waals surface area contributed by atoms with Gasteiger partial charge >= 0.3 is 0 Å². The normalized spacial score (nSPS) is 12.3. The molecular formula is C10H12N2O2S. The van der Waals surface area contributed by atoms with Crippen molar-refractivity contribution in [1.29, 1.82) is 0 Å². The number of aryl methyl sites for hydroxylation is 1. The number of rotatable bonds is 1. The summed E-state index contributed by atoms with van der Waals surface area (Å²) >= 11 is 1.41. The largest absolute Gasteiger partial charge is 0.384 e. The summed E-state index contributed by atoms with van der Waals surface area (Å²) in [7, 11) is 0. The molecule has 0 unspecified atom stereocenters. The van der Waals surface area contributed by atoms with Crippen LogP contribution in [0, 0.1) is 6.92 Å². The predicted octanol–water partition coefficient (Wildman–Crippen LogP) is 1.29. The molecule has 0 bridgehead atoms. The molecule has 1 N–H and O–H groups in total. The highest BCUT2D eigenvalue weighted by atomic mass is 32.1. The molecule has 0 aliphatic carbocycles. The van der Waals surface area contributed by atoms with Gasteiger partial charge in [0.1, 0.15) is 5.60 Å². The van der Waals surface area contributed by atoms with Gasteiger partial charge in [0.2, 0.25) is 0 Å². The van der Waals surface area contributed by atoms with Gasteiger partial charge in [-0.1, -0.05) is 0 Å². The quantitative estimate of drug-likeness (QED) is 0.794. The van der Waals surface area contributed by atoms with E-state index in [0.29, 0.717) is 10.7 Å². The Balaban J connectivity index is 2.96.